The maximum absolute atomic E-state index is 12.1. The lowest BCUT2D eigenvalue weighted by Crippen LogP contribution is -2.14. The van der Waals surface area contributed by atoms with E-state index in [1.54, 1.807) is 12.1 Å². The Labute approximate surface area is 146 Å². The van der Waals surface area contributed by atoms with Crippen molar-refractivity contribution >= 4 is 17.3 Å². The summed E-state index contributed by atoms with van der Waals surface area (Å²) in [6.07, 6.45) is 5.13. The van der Waals surface area contributed by atoms with Crippen LogP contribution in [0.2, 0.25) is 0 Å². The van der Waals surface area contributed by atoms with Crippen molar-refractivity contribution in [1.29, 1.82) is 0 Å². The second kappa shape index (κ2) is 7.79. The van der Waals surface area contributed by atoms with Crippen LogP contribution in [0.5, 0.6) is 5.75 Å². The quantitative estimate of drug-likeness (QED) is 0.634. The third kappa shape index (κ3) is 4.79. The number of rotatable bonds is 6. The molecule has 0 atom stereocenters. The Morgan fingerprint density at radius 2 is 1.72 bits per heavy atom. The predicted octanol–water partition coefficient (Wildman–Crippen LogP) is 4.10. The number of amides is 1. The van der Waals surface area contributed by atoms with E-state index in [0.717, 1.165) is 24.2 Å². The van der Waals surface area contributed by atoms with Crippen molar-refractivity contribution in [3.05, 3.63) is 64.2 Å². The zero-order chi connectivity index (χ0) is 17.6. The molecule has 0 bridgehead atoms. The van der Waals surface area contributed by atoms with E-state index < -0.39 is 4.92 Å². The Bertz CT molecular complexity index is 735. The summed E-state index contributed by atoms with van der Waals surface area (Å²) in [7, 11) is 0. The van der Waals surface area contributed by atoms with Crippen molar-refractivity contribution in [3.63, 3.8) is 0 Å². The Kier molecular flexibility index (Phi) is 5.28. The van der Waals surface area contributed by atoms with Crippen LogP contribution in [0, 0.1) is 10.1 Å². The van der Waals surface area contributed by atoms with Crippen LogP contribution in [0.25, 0.3) is 0 Å². The molecule has 0 spiro atoms. The van der Waals surface area contributed by atoms with E-state index in [4.69, 9.17) is 4.74 Å². The molecule has 1 aliphatic rings. The number of non-ortho nitro benzene ring substituents is 1. The summed E-state index contributed by atoms with van der Waals surface area (Å²) in [6.45, 7) is 0. The number of nitrogens with one attached hydrogen (secondary N) is 1. The fourth-order valence-corrected chi connectivity index (χ4v) is 2.94. The van der Waals surface area contributed by atoms with E-state index in [0.29, 0.717) is 11.8 Å². The fraction of sp³-hybridized carbons (Fsp3) is 0.316. The standard InChI is InChI=1S/C19H20N2O4/c22-19(13-14-5-9-16(10-6-14)21(23)24)20-15-7-11-18(12-8-15)25-17-3-1-2-4-17/h5-12,17H,1-4,13H2,(H,20,22). The summed E-state index contributed by atoms with van der Waals surface area (Å²) in [5, 5.41) is 13.4. The lowest BCUT2D eigenvalue weighted by Gasteiger charge is -2.13. The average Bonchev–Trinajstić information content (AvgIpc) is 3.10. The van der Waals surface area contributed by atoms with Gasteiger partial charge < -0.3 is 10.1 Å². The van der Waals surface area contributed by atoms with Crippen LogP contribution in [0.1, 0.15) is 31.2 Å². The summed E-state index contributed by atoms with van der Waals surface area (Å²) in [6, 6.07) is 13.3. The molecule has 1 saturated carbocycles. The minimum atomic E-state index is -0.459. The Morgan fingerprint density at radius 3 is 2.32 bits per heavy atom. The first-order chi connectivity index (χ1) is 12.1. The van der Waals surface area contributed by atoms with Gasteiger partial charge in [0.2, 0.25) is 5.91 Å². The molecule has 2 aromatic carbocycles. The van der Waals surface area contributed by atoms with E-state index >= 15 is 0 Å². The molecule has 0 heterocycles. The predicted molar refractivity (Wildman–Crippen MR) is 94.8 cm³/mol. The summed E-state index contributed by atoms with van der Waals surface area (Å²) in [4.78, 5) is 22.3. The van der Waals surface area contributed by atoms with Crippen LogP contribution >= 0.6 is 0 Å². The average molecular weight is 340 g/mol. The molecule has 1 fully saturated rings. The SMILES string of the molecule is O=C(Cc1ccc([N+](=O)[O-])cc1)Nc1ccc(OC2CCCC2)cc1. The molecule has 6 nitrogen and oxygen atoms in total. The van der Waals surface area contributed by atoms with E-state index in [2.05, 4.69) is 5.32 Å². The topological polar surface area (TPSA) is 81.5 Å². The largest absolute Gasteiger partial charge is 0.490 e. The van der Waals surface area contributed by atoms with Crippen LogP contribution in [0.15, 0.2) is 48.5 Å². The highest BCUT2D eigenvalue weighted by Crippen LogP contribution is 2.25. The maximum atomic E-state index is 12.1. The number of carbonyl (C=O) groups excluding carboxylic acids is 1. The minimum Gasteiger partial charge on any atom is -0.490 e. The van der Waals surface area contributed by atoms with Gasteiger partial charge in [-0.2, -0.15) is 0 Å². The monoisotopic (exact) mass is 340 g/mol. The highest BCUT2D eigenvalue weighted by atomic mass is 16.6. The Balaban J connectivity index is 1.52. The Hall–Kier alpha value is -2.89. The maximum Gasteiger partial charge on any atom is 0.269 e. The molecular formula is C19H20N2O4. The van der Waals surface area contributed by atoms with Crippen LogP contribution < -0.4 is 10.1 Å². The van der Waals surface area contributed by atoms with Crippen molar-refractivity contribution < 1.29 is 14.5 Å². The number of nitro groups is 1. The molecule has 1 N–H and O–H groups in total. The van der Waals surface area contributed by atoms with Crippen molar-refractivity contribution in [2.24, 2.45) is 0 Å². The zero-order valence-electron chi connectivity index (χ0n) is 13.8. The van der Waals surface area contributed by atoms with E-state index in [1.165, 1.54) is 25.0 Å². The molecular weight excluding hydrogens is 320 g/mol. The van der Waals surface area contributed by atoms with E-state index in [1.807, 2.05) is 24.3 Å². The van der Waals surface area contributed by atoms with E-state index in [-0.39, 0.29) is 18.0 Å². The number of anilines is 1. The second-order valence-corrected chi connectivity index (χ2v) is 6.20. The molecule has 2 aromatic rings. The van der Waals surface area contributed by atoms with Gasteiger partial charge in [0, 0.05) is 17.8 Å². The van der Waals surface area contributed by atoms with Gasteiger partial charge in [0.25, 0.3) is 5.69 Å². The summed E-state index contributed by atoms with van der Waals surface area (Å²) >= 11 is 0. The molecule has 130 valence electrons. The molecule has 0 saturated heterocycles. The van der Waals surface area contributed by atoms with Gasteiger partial charge in [-0.15, -0.1) is 0 Å². The molecule has 0 aromatic heterocycles. The lowest BCUT2D eigenvalue weighted by atomic mass is 10.1. The van der Waals surface area contributed by atoms with Crippen LogP contribution in [-0.4, -0.2) is 16.9 Å². The van der Waals surface area contributed by atoms with Gasteiger partial charge in [-0.05, 0) is 55.5 Å². The first-order valence-electron chi connectivity index (χ1n) is 8.40. The number of carbonyl (C=O) groups is 1. The molecule has 0 unspecified atom stereocenters. The van der Waals surface area contributed by atoms with Crippen LogP contribution in [0.3, 0.4) is 0 Å². The van der Waals surface area contributed by atoms with Gasteiger partial charge in [0.1, 0.15) is 5.75 Å². The molecule has 1 aliphatic carbocycles. The number of nitrogens with zero attached hydrogens (tertiary/aromatic N) is 1. The van der Waals surface area contributed by atoms with Crippen molar-refractivity contribution in [3.8, 4) is 5.75 Å². The van der Waals surface area contributed by atoms with Gasteiger partial charge in [0.05, 0.1) is 17.4 Å². The van der Waals surface area contributed by atoms with Gasteiger partial charge in [0.15, 0.2) is 0 Å². The lowest BCUT2D eigenvalue weighted by molar-refractivity contribution is -0.384. The zero-order valence-corrected chi connectivity index (χ0v) is 13.8. The van der Waals surface area contributed by atoms with Crippen LogP contribution in [-0.2, 0) is 11.2 Å². The van der Waals surface area contributed by atoms with Crippen LogP contribution in [0.4, 0.5) is 11.4 Å². The fourth-order valence-electron chi connectivity index (χ4n) is 2.94. The second-order valence-electron chi connectivity index (χ2n) is 6.20. The highest BCUT2D eigenvalue weighted by Gasteiger charge is 2.16. The normalized spacial score (nSPS) is 14.2. The first kappa shape index (κ1) is 17.0. The Morgan fingerprint density at radius 1 is 1.08 bits per heavy atom. The summed E-state index contributed by atoms with van der Waals surface area (Å²) in [5.74, 6) is 0.651. The molecule has 25 heavy (non-hydrogen) atoms. The van der Waals surface area contributed by atoms with Crippen molar-refractivity contribution in [2.75, 3.05) is 5.32 Å². The number of nitro benzene ring substituents is 1. The van der Waals surface area contributed by atoms with Gasteiger partial charge >= 0.3 is 0 Å². The smallest absolute Gasteiger partial charge is 0.269 e. The summed E-state index contributed by atoms with van der Waals surface area (Å²) in [5.41, 5.74) is 1.44. The number of hydrogen-bond acceptors (Lipinski definition) is 4. The third-order valence-corrected chi connectivity index (χ3v) is 4.25. The van der Waals surface area contributed by atoms with Gasteiger partial charge in [-0.3, -0.25) is 14.9 Å². The number of benzene rings is 2. The van der Waals surface area contributed by atoms with Crippen molar-refractivity contribution in [2.45, 2.75) is 38.2 Å². The van der Waals surface area contributed by atoms with Gasteiger partial charge in [-0.25, -0.2) is 0 Å². The highest BCUT2D eigenvalue weighted by molar-refractivity contribution is 5.92. The molecule has 3 rings (SSSR count). The molecule has 0 aliphatic heterocycles. The molecule has 0 radical (unpaired) electrons. The third-order valence-electron chi connectivity index (χ3n) is 4.25. The minimum absolute atomic E-state index is 0.0157. The summed E-state index contributed by atoms with van der Waals surface area (Å²) < 4.78 is 5.89. The first-order valence-corrected chi connectivity index (χ1v) is 8.40. The van der Waals surface area contributed by atoms with Gasteiger partial charge in [-0.1, -0.05) is 12.1 Å². The van der Waals surface area contributed by atoms with E-state index in [9.17, 15) is 14.9 Å². The van der Waals surface area contributed by atoms with Crippen molar-refractivity contribution in [1.82, 2.24) is 0 Å². The number of ether oxygens (including phenoxy) is 1. The molecule has 1 amide bonds. The molecule has 6 heteroatoms. The number of hydrogen-bond donors (Lipinski definition) is 1.